The number of rotatable bonds is 4. The molecule has 2 aliphatic rings. The topological polar surface area (TPSA) is 52.7 Å². The summed E-state index contributed by atoms with van der Waals surface area (Å²) in [5, 5.41) is 3.11. The Kier molecular flexibility index (Phi) is 4.80. The van der Waals surface area contributed by atoms with Gasteiger partial charge in [-0.3, -0.25) is 9.59 Å². The maximum absolute atomic E-state index is 13.4. The van der Waals surface area contributed by atoms with E-state index in [1.807, 2.05) is 7.05 Å². The fraction of sp³-hybridized carbons (Fsp3) is 0.529. The Morgan fingerprint density at radius 2 is 1.96 bits per heavy atom. The van der Waals surface area contributed by atoms with Crippen LogP contribution in [0.1, 0.15) is 12.8 Å². The SMILES string of the molecule is CNC[C@H]1CCN(C(=O)[C@@H]2CC(=O)N(c3cc(F)cc(F)c3)C2)C1. The molecule has 0 aromatic heterocycles. The molecule has 1 N–H and O–H groups in total. The Labute approximate surface area is 139 Å². The number of nitrogens with one attached hydrogen (secondary N) is 1. The van der Waals surface area contributed by atoms with Crippen molar-refractivity contribution in [1.29, 1.82) is 0 Å². The van der Waals surface area contributed by atoms with E-state index >= 15 is 0 Å². The predicted molar refractivity (Wildman–Crippen MR) is 85.4 cm³/mol. The summed E-state index contributed by atoms with van der Waals surface area (Å²) in [5.41, 5.74) is 0.169. The van der Waals surface area contributed by atoms with E-state index < -0.39 is 17.6 Å². The number of anilines is 1. The molecular weight excluding hydrogens is 316 g/mol. The van der Waals surface area contributed by atoms with E-state index in [-0.39, 0.29) is 30.5 Å². The molecule has 7 heteroatoms. The lowest BCUT2D eigenvalue weighted by molar-refractivity contribution is -0.134. The number of hydrogen-bond donors (Lipinski definition) is 1. The molecule has 5 nitrogen and oxygen atoms in total. The zero-order valence-electron chi connectivity index (χ0n) is 13.6. The molecule has 2 heterocycles. The molecule has 0 radical (unpaired) electrons. The van der Waals surface area contributed by atoms with Crippen LogP contribution in [-0.4, -0.2) is 49.9 Å². The first kappa shape index (κ1) is 16.8. The second-order valence-corrected chi connectivity index (χ2v) is 6.53. The van der Waals surface area contributed by atoms with Crippen LogP contribution >= 0.6 is 0 Å². The summed E-state index contributed by atoms with van der Waals surface area (Å²) in [6.45, 7) is 2.43. The van der Waals surface area contributed by atoms with E-state index in [1.54, 1.807) is 4.90 Å². The van der Waals surface area contributed by atoms with Gasteiger partial charge in [-0.1, -0.05) is 0 Å². The molecule has 2 saturated heterocycles. The largest absolute Gasteiger partial charge is 0.342 e. The summed E-state index contributed by atoms with van der Waals surface area (Å²) in [5.74, 6) is -1.80. The molecule has 2 fully saturated rings. The Morgan fingerprint density at radius 1 is 1.25 bits per heavy atom. The number of carbonyl (C=O) groups is 2. The van der Waals surface area contributed by atoms with Gasteiger partial charge in [0, 0.05) is 37.8 Å². The Balaban J connectivity index is 1.67. The van der Waals surface area contributed by atoms with Gasteiger partial charge in [-0.2, -0.15) is 0 Å². The Morgan fingerprint density at radius 3 is 2.62 bits per heavy atom. The number of nitrogens with zero attached hydrogens (tertiary/aromatic N) is 2. The van der Waals surface area contributed by atoms with Gasteiger partial charge in [0.25, 0.3) is 0 Å². The summed E-state index contributed by atoms with van der Waals surface area (Å²) in [7, 11) is 1.89. The van der Waals surface area contributed by atoms with Gasteiger partial charge in [-0.25, -0.2) is 8.78 Å². The highest BCUT2D eigenvalue weighted by Crippen LogP contribution is 2.29. The zero-order chi connectivity index (χ0) is 17.3. The fourth-order valence-corrected chi connectivity index (χ4v) is 3.56. The Hall–Kier alpha value is -2.02. The lowest BCUT2D eigenvalue weighted by Crippen LogP contribution is -2.36. The van der Waals surface area contributed by atoms with E-state index in [4.69, 9.17) is 0 Å². The van der Waals surface area contributed by atoms with Gasteiger partial charge in [0.15, 0.2) is 0 Å². The standard InChI is InChI=1S/C17H21F2N3O2/c1-20-8-11-2-3-21(9-11)17(24)12-4-16(23)22(10-12)15-6-13(18)5-14(19)7-15/h5-7,11-12,20H,2-4,8-10H2,1H3/t11-,12-/m1/s1. The monoisotopic (exact) mass is 337 g/mol. The second kappa shape index (κ2) is 6.84. The number of amides is 2. The maximum atomic E-state index is 13.4. The van der Waals surface area contributed by atoms with Crippen LogP contribution in [0.4, 0.5) is 14.5 Å². The summed E-state index contributed by atoms with van der Waals surface area (Å²) in [6, 6.07) is 3.00. The summed E-state index contributed by atoms with van der Waals surface area (Å²) in [6.07, 6.45) is 1.04. The quantitative estimate of drug-likeness (QED) is 0.903. The van der Waals surface area contributed by atoms with Gasteiger partial charge >= 0.3 is 0 Å². The van der Waals surface area contributed by atoms with Crippen LogP contribution < -0.4 is 10.2 Å². The third kappa shape index (κ3) is 3.40. The first-order chi connectivity index (χ1) is 11.5. The van der Waals surface area contributed by atoms with Crippen LogP contribution in [0.5, 0.6) is 0 Å². The van der Waals surface area contributed by atoms with Crippen LogP contribution in [-0.2, 0) is 9.59 Å². The van der Waals surface area contributed by atoms with Gasteiger partial charge in [0.1, 0.15) is 11.6 Å². The molecule has 1 aromatic rings. The third-order valence-corrected chi connectivity index (χ3v) is 4.72. The van der Waals surface area contributed by atoms with Crippen molar-refractivity contribution in [3.8, 4) is 0 Å². The molecule has 0 bridgehead atoms. The molecule has 0 unspecified atom stereocenters. The molecule has 2 aliphatic heterocycles. The first-order valence-corrected chi connectivity index (χ1v) is 8.17. The highest BCUT2D eigenvalue weighted by molar-refractivity contribution is 6.00. The number of hydrogen-bond acceptors (Lipinski definition) is 3. The molecule has 2 amide bonds. The molecular formula is C17H21F2N3O2. The molecule has 130 valence electrons. The van der Waals surface area contributed by atoms with Crippen molar-refractivity contribution >= 4 is 17.5 Å². The molecule has 2 atom stereocenters. The normalized spacial score (nSPS) is 24.0. The molecule has 0 aliphatic carbocycles. The molecule has 0 spiro atoms. The fourth-order valence-electron chi connectivity index (χ4n) is 3.56. The van der Waals surface area contributed by atoms with Gasteiger partial charge in [0.05, 0.1) is 5.92 Å². The second-order valence-electron chi connectivity index (χ2n) is 6.53. The highest BCUT2D eigenvalue weighted by Gasteiger charge is 2.39. The lowest BCUT2D eigenvalue weighted by atomic mass is 10.1. The molecule has 0 saturated carbocycles. The molecule has 24 heavy (non-hydrogen) atoms. The number of carbonyl (C=O) groups excluding carboxylic acids is 2. The van der Waals surface area contributed by atoms with E-state index in [1.165, 1.54) is 4.90 Å². The van der Waals surface area contributed by atoms with Crippen molar-refractivity contribution in [3.63, 3.8) is 0 Å². The minimum atomic E-state index is -0.734. The average molecular weight is 337 g/mol. The van der Waals surface area contributed by atoms with Gasteiger partial charge in [-0.05, 0) is 38.1 Å². The van der Waals surface area contributed by atoms with Gasteiger partial charge in [0.2, 0.25) is 11.8 Å². The van der Waals surface area contributed by atoms with Crippen LogP contribution in [0.3, 0.4) is 0 Å². The third-order valence-electron chi connectivity index (χ3n) is 4.72. The average Bonchev–Trinajstić information content (AvgIpc) is 3.13. The smallest absolute Gasteiger partial charge is 0.228 e. The summed E-state index contributed by atoms with van der Waals surface area (Å²) < 4.78 is 26.7. The van der Waals surface area contributed by atoms with Crippen molar-refractivity contribution in [1.82, 2.24) is 10.2 Å². The lowest BCUT2D eigenvalue weighted by Gasteiger charge is -2.21. The van der Waals surface area contributed by atoms with Crippen molar-refractivity contribution < 1.29 is 18.4 Å². The molecule has 1 aromatic carbocycles. The predicted octanol–water partition coefficient (Wildman–Crippen LogP) is 1.39. The van der Waals surface area contributed by atoms with Crippen LogP contribution in [0.2, 0.25) is 0 Å². The van der Waals surface area contributed by atoms with Crippen LogP contribution in [0.15, 0.2) is 18.2 Å². The first-order valence-electron chi connectivity index (χ1n) is 8.17. The van der Waals surface area contributed by atoms with Gasteiger partial charge < -0.3 is 15.1 Å². The minimum Gasteiger partial charge on any atom is -0.342 e. The van der Waals surface area contributed by atoms with Crippen molar-refractivity contribution in [2.75, 3.05) is 38.1 Å². The van der Waals surface area contributed by atoms with Crippen LogP contribution in [0.25, 0.3) is 0 Å². The number of benzene rings is 1. The van der Waals surface area contributed by atoms with Crippen molar-refractivity contribution in [2.24, 2.45) is 11.8 Å². The van der Waals surface area contributed by atoms with E-state index in [0.717, 1.165) is 31.2 Å². The van der Waals surface area contributed by atoms with Crippen molar-refractivity contribution in [3.05, 3.63) is 29.8 Å². The Bertz CT molecular complexity index is 632. The summed E-state index contributed by atoms with van der Waals surface area (Å²) >= 11 is 0. The van der Waals surface area contributed by atoms with E-state index in [9.17, 15) is 18.4 Å². The van der Waals surface area contributed by atoms with Crippen LogP contribution in [0, 0.1) is 23.5 Å². The maximum Gasteiger partial charge on any atom is 0.228 e. The summed E-state index contributed by atoms with van der Waals surface area (Å²) in [4.78, 5) is 27.9. The van der Waals surface area contributed by atoms with E-state index in [0.29, 0.717) is 19.0 Å². The van der Waals surface area contributed by atoms with Crippen molar-refractivity contribution in [2.45, 2.75) is 12.8 Å². The number of likely N-dealkylation sites (tertiary alicyclic amines) is 1. The van der Waals surface area contributed by atoms with E-state index in [2.05, 4.69) is 5.32 Å². The zero-order valence-corrected chi connectivity index (χ0v) is 13.6. The highest BCUT2D eigenvalue weighted by atomic mass is 19.1. The minimum absolute atomic E-state index is 0.0404. The van der Waals surface area contributed by atoms with Gasteiger partial charge in [-0.15, -0.1) is 0 Å². The number of halogens is 2. The molecule has 3 rings (SSSR count).